The van der Waals surface area contributed by atoms with Gasteiger partial charge in [0.25, 0.3) is 0 Å². The first-order valence-electron chi connectivity index (χ1n) is 8.96. The van der Waals surface area contributed by atoms with Gasteiger partial charge in [-0.2, -0.15) is 5.10 Å². The summed E-state index contributed by atoms with van der Waals surface area (Å²) in [5, 5.41) is 7.34. The van der Waals surface area contributed by atoms with Crippen molar-refractivity contribution in [2.24, 2.45) is 5.92 Å². The summed E-state index contributed by atoms with van der Waals surface area (Å²) in [4.78, 5) is 16.7. The average Bonchev–Trinajstić information content (AvgIpc) is 3.06. The summed E-state index contributed by atoms with van der Waals surface area (Å²) >= 11 is 0. The number of carbonyl (C=O) groups excluding carboxylic acids is 1. The van der Waals surface area contributed by atoms with Crippen molar-refractivity contribution in [3.63, 3.8) is 0 Å². The van der Waals surface area contributed by atoms with E-state index >= 15 is 0 Å². The number of para-hydroxylation sites is 1. The summed E-state index contributed by atoms with van der Waals surface area (Å²) in [5.41, 5.74) is 2.00. The topological polar surface area (TPSA) is 62.6 Å². The highest BCUT2D eigenvalue weighted by atomic mass is 16.5. The second kappa shape index (κ2) is 8.82. The second-order valence-electron chi connectivity index (χ2n) is 6.89. The Kier molecular flexibility index (Phi) is 6.25. The molecule has 2 heterocycles. The SMILES string of the molecule is CN(C)C[C@@H]1COCCN(C(=O)NCc2ccccc2-n2cccn2)C1. The predicted molar refractivity (Wildman–Crippen MR) is 100 cm³/mol. The monoisotopic (exact) mass is 357 g/mol. The summed E-state index contributed by atoms with van der Waals surface area (Å²) < 4.78 is 7.47. The molecule has 1 atom stereocenters. The Morgan fingerprint density at radius 3 is 2.96 bits per heavy atom. The molecule has 140 valence electrons. The van der Waals surface area contributed by atoms with Gasteiger partial charge in [0.15, 0.2) is 0 Å². The van der Waals surface area contributed by atoms with Crippen molar-refractivity contribution < 1.29 is 9.53 Å². The molecule has 1 aromatic heterocycles. The first kappa shape index (κ1) is 18.4. The highest BCUT2D eigenvalue weighted by molar-refractivity contribution is 5.74. The average molecular weight is 357 g/mol. The number of ether oxygens (including phenoxy) is 1. The van der Waals surface area contributed by atoms with Crippen LogP contribution >= 0.6 is 0 Å². The largest absolute Gasteiger partial charge is 0.379 e. The van der Waals surface area contributed by atoms with E-state index in [9.17, 15) is 4.79 Å². The molecule has 0 unspecified atom stereocenters. The fourth-order valence-electron chi connectivity index (χ4n) is 3.27. The van der Waals surface area contributed by atoms with Gasteiger partial charge in [-0.25, -0.2) is 9.48 Å². The lowest BCUT2D eigenvalue weighted by molar-refractivity contribution is 0.112. The highest BCUT2D eigenvalue weighted by Gasteiger charge is 2.23. The smallest absolute Gasteiger partial charge is 0.317 e. The third-order valence-corrected chi connectivity index (χ3v) is 4.42. The Morgan fingerprint density at radius 1 is 1.35 bits per heavy atom. The lowest BCUT2D eigenvalue weighted by Crippen LogP contribution is -2.44. The molecule has 0 saturated carbocycles. The Bertz CT molecular complexity index is 702. The number of nitrogens with one attached hydrogen (secondary N) is 1. The number of aromatic nitrogens is 2. The molecule has 1 aromatic carbocycles. The van der Waals surface area contributed by atoms with Crippen LogP contribution in [0.15, 0.2) is 42.7 Å². The van der Waals surface area contributed by atoms with Crippen LogP contribution in [0.4, 0.5) is 4.79 Å². The number of carbonyl (C=O) groups is 1. The molecular weight excluding hydrogens is 330 g/mol. The first-order valence-corrected chi connectivity index (χ1v) is 8.96. The minimum atomic E-state index is -0.0467. The molecule has 1 aliphatic rings. The molecule has 2 aromatic rings. The number of benzene rings is 1. The fourth-order valence-corrected chi connectivity index (χ4v) is 3.27. The minimum Gasteiger partial charge on any atom is -0.379 e. The van der Waals surface area contributed by atoms with Gasteiger partial charge in [-0.05, 0) is 31.8 Å². The number of rotatable bonds is 5. The molecule has 1 saturated heterocycles. The Hall–Kier alpha value is -2.38. The van der Waals surface area contributed by atoms with Crippen molar-refractivity contribution in [2.75, 3.05) is 46.9 Å². The summed E-state index contributed by atoms with van der Waals surface area (Å²) in [7, 11) is 4.09. The quantitative estimate of drug-likeness (QED) is 0.883. The molecule has 0 spiro atoms. The van der Waals surface area contributed by atoms with Crippen molar-refractivity contribution in [1.82, 2.24) is 24.9 Å². The van der Waals surface area contributed by atoms with Crippen LogP contribution in [0.5, 0.6) is 0 Å². The number of amides is 2. The molecule has 7 heteroatoms. The van der Waals surface area contributed by atoms with Gasteiger partial charge >= 0.3 is 6.03 Å². The molecule has 26 heavy (non-hydrogen) atoms. The summed E-state index contributed by atoms with van der Waals surface area (Å²) in [6, 6.07) is 9.80. The van der Waals surface area contributed by atoms with Crippen LogP contribution < -0.4 is 5.32 Å². The number of hydrogen-bond acceptors (Lipinski definition) is 4. The van der Waals surface area contributed by atoms with Crippen molar-refractivity contribution in [3.8, 4) is 5.69 Å². The van der Waals surface area contributed by atoms with Gasteiger partial charge in [0.05, 0.1) is 18.9 Å². The number of urea groups is 1. The maximum atomic E-state index is 12.7. The van der Waals surface area contributed by atoms with E-state index in [-0.39, 0.29) is 6.03 Å². The van der Waals surface area contributed by atoms with Gasteiger partial charge in [0.1, 0.15) is 0 Å². The molecule has 1 fully saturated rings. The molecule has 1 N–H and O–H groups in total. The lowest BCUT2D eigenvalue weighted by atomic mass is 10.1. The van der Waals surface area contributed by atoms with Crippen LogP contribution in [0.25, 0.3) is 5.69 Å². The fraction of sp³-hybridized carbons (Fsp3) is 0.474. The van der Waals surface area contributed by atoms with E-state index in [1.807, 2.05) is 60.2 Å². The van der Waals surface area contributed by atoms with E-state index in [1.165, 1.54) is 0 Å². The van der Waals surface area contributed by atoms with E-state index in [4.69, 9.17) is 4.74 Å². The third kappa shape index (κ3) is 4.83. The second-order valence-corrected chi connectivity index (χ2v) is 6.89. The highest BCUT2D eigenvalue weighted by Crippen LogP contribution is 2.14. The van der Waals surface area contributed by atoms with Crippen molar-refractivity contribution in [3.05, 3.63) is 48.3 Å². The zero-order chi connectivity index (χ0) is 18.4. The summed E-state index contributed by atoms with van der Waals surface area (Å²) in [5.74, 6) is 0.328. The van der Waals surface area contributed by atoms with Gasteiger partial charge in [-0.3, -0.25) is 0 Å². The van der Waals surface area contributed by atoms with Crippen LogP contribution in [0, 0.1) is 5.92 Å². The maximum absolute atomic E-state index is 12.7. The van der Waals surface area contributed by atoms with E-state index in [0.29, 0.717) is 38.8 Å². The summed E-state index contributed by atoms with van der Waals surface area (Å²) in [6.07, 6.45) is 3.65. The molecule has 3 rings (SSSR count). The first-order chi connectivity index (χ1) is 12.6. The third-order valence-electron chi connectivity index (χ3n) is 4.42. The van der Waals surface area contributed by atoms with Crippen LogP contribution in [-0.2, 0) is 11.3 Å². The Balaban J connectivity index is 1.62. The van der Waals surface area contributed by atoms with E-state index in [0.717, 1.165) is 17.8 Å². The van der Waals surface area contributed by atoms with Gasteiger partial charge < -0.3 is 19.9 Å². The van der Waals surface area contributed by atoms with E-state index in [2.05, 4.69) is 15.3 Å². The summed E-state index contributed by atoms with van der Waals surface area (Å²) in [6.45, 7) is 3.99. The van der Waals surface area contributed by atoms with Crippen LogP contribution in [0.1, 0.15) is 5.56 Å². The zero-order valence-electron chi connectivity index (χ0n) is 15.5. The molecular formula is C19H27N5O2. The standard InChI is InChI=1S/C19H27N5O2/c1-22(2)13-16-14-23(10-11-26-15-16)19(25)20-12-17-6-3-4-7-18(17)24-9-5-8-21-24/h3-9,16H,10-15H2,1-2H3,(H,20,25)/t16-/m0/s1. The zero-order valence-corrected chi connectivity index (χ0v) is 15.5. The van der Waals surface area contributed by atoms with Gasteiger partial charge in [0.2, 0.25) is 0 Å². The molecule has 0 aliphatic carbocycles. The van der Waals surface area contributed by atoms with Gasteiger partial charge in [0, 0.05) is 44.5 Å². The number of nitrogens with zero attached hydrogens (tertiary/aromatic N) is 4. The van der Waals surface area contributed by atoms with Crippen LogP contribution in [0.2, 0.25) is 0 Å². The molecule has 2 amide bonds. The predicted octanol–water partition coefficient (Wildman–Crippen LogP) is 1.59. The Labute approximate surface area is 154 Å². The van der Waals surface area contributed by atoms with Crippen molar-refractivity contribution in [1.29, 1.82) is 0 Å². The maximum Gasteiger partial charge on any atom is 0.317 e. The number of hydrogen-bond donors (Lipinski definition) is 1. The van der Waals surface area contributed by atoms with Gasteiger partial charge in [-0.1, -0.05) is 18.2 Å². The lowest BCUT2D eigenvalue weighted by Gasteiger charge is -2.25. The van der Waals surface area contributed by atoms with Crippen LogP contribution in [-0.4, -0.2) is 72.6 Å². The molecule has 7 nitrogen and oxygen atoms in total. The van der Waals surface area contributed by atoms with E-state index < -0.39 is 0 Å². The molecule has 0 radical (unpaired) electrons. The Morgan fingerprint density at radius 2 is 2.19 bits per heavy atom. The minimum absolute atomic E-state index is 0.0467. The van der Waals surface area contributed by atoms with Crippen molar-refractivity contribution >= 4 is 6.03 Å². The van der Waals surface area contributed by atoms with Crippen molar-refractivity contribution in [2.45, 2.75) is 6.54 Å². The van der Waals surface area contributed by atoms with E-state index in [1.54, 1.807) is 6.20 Å². The van der Waals surface area contributed by atoms with Gasteiger partial charge in [-0.15, -0.1) is 0 Å². The molecule has 0 bridgehead atoms. The normalized spacial score (nSPS) is 18.0. The van der Waals surface area contributed by atoms with Crippen LogP contribution in [0.3, 0.4) is 0 Å². The molecule has 1 aliphatic heterocycles.